The highest BCUT2D eigenvalue weighted by atomic mass is 16.2. The summed E-state index contributed by atoms with van der Waals surface area (Å²) in [4.78, 5) is 15.7. The number of carbonyl (C=O) groups excluding carboxylic acids is 1. The van der Waals surface area contributed by atoms with Gasteiger partial charge < -0.3 is 0 Å². The van der Waals surface area contributed by atoms with Crippen molar-refractivity contribution in [2.45, 2.75) is 32.7 Å². The van der Waals surface area contributed by atoms with E-state index in [1.807, 2.05) is 43.3 Å². The van der Waals surface area contributed by atoms with Crippen molar-refractivity contribution >= 4 is 11.7 Å². The van der Waals surface area contributed by atoms with Gasteiger partial charge in [-0.3, -0.25) is 9.79 Å². The first-order valence-electron chi connectivity index (χ1n) is 7.81. The Kier molecular flexibility index (Phi) is 3.90. The molecule has 0 saturated carbocycles. The van der Waals surface area contributed by atoms with Crippen molar-refractivity contribution < 1.29 is 9.79 Å². The lowest BCUT2D eigenvalue weighted by atomic mass is 9.89. The summed E-state index contributed by atoms with van der Waals surface area (Å²) in [6, 6.07) is 15.7. The number of amides is 1. The molecule has 0 saturated heterocycles. The molecule has 23 heavy (non-hydrogen) atoms. The van der Waals surface area contributed by atoms with Gasteiger partial charge in [0.1, 0.15) is 5.54 Å². The Morgan fingerprint density at radius 2 is 1.78 bits per heavy atom. The molecule has 1 amide bonds. The average molecular weight is 308 g/mol. The molecule has 4 heteroatoms. The van der Waals surface area contributed by atoms with Crippen LogP contribution < -0.4 is 15.8 Å². The molecule has 4 nitrogen and oxygen atoms in total. The predicted octanol–water partition coefficient (Wildman–Crippen LogP) is 1.09. The number of aryl methyl sites for hydroxylation is 1. The third kappa shape index (κ3) is 3.42. The SMILES string of the molecule is Cc1ccc(C(=O)NNC2=[NH+]C(C)(C)Cc3ccccc32)cc1. The van der Waals surface area contributed by atoms with Gasteiger partial charge in [-0.1, -0.05) is 35.9 Å². The number of hydrogen-bond acceptors (Lipinski definition) is 2. The maximum absolute atomic E-state index is 12.3. The minimum absolute atomic E-state index is 0.0642. The van der Waals surface area contributed by atoms with Gasteiger partial charge in [0, 0.05) is 12.0 Å². The molecule has 0 fully saturated rings. The van der Waals surface area contributed by atoms with E-state index in [4.69, 9.17) is 0 Å². The quantitative estimate of drug-likeness (QED) is 0.691. The van der Waals surface area contributed by atoms with Crippen molar-refractivity contribution in [2.24, 2.45) is 0 Å². The van der Waals surface area contributed by atoms with Gasteiger partial charge >= 0.3 is 0 Å². The summed E-state index contributed by atoms with van der Waals surface area (Å²) in [5, 5.41) is 0. The van der Waals surface area contributed by atoms with E-state index in [2.05, 4.69) is 41.8 Å². The molecule has 1 heterocycles. The van der Waals surface area contributed by atoms with E-state index in [-0.39, 0.29) is 11.4 Å². The number of hydrogen-bond donors (Lipinski definition) is 3. The monoisotopic (exact) mass is 308 g/mol. The lowest BCUT2D eigenvalue weighted by molar-refractivity contribution is -0.547. The number of nitrogens with one attached hydrogen (secondary N) is 3. The summed E-state index contributed by atoms with van der Waals surface area (Å²) in [6.07, 6.45) is 0.945. The normalized spacial score (nSPS) is 15.3. The van der Waals surface area contributed by atoms with Gasteiger partial charge in [-0.15, -0.1) is 0 Å². The lowest BCUT2D eigenvalue weighted by Gasteiger charge is -2.25. The maximum atomic E-state index is 12.3. The highest BCUT2D eigenvalue weighted by Gasteiger charge is 2.30. The minimum atomic E-state index is -0.153. The molecule has 0 atom stereocenters. The zero-order valence-corrected chi connectivity index (χ0v) is 13.7. The third-order valence-corrected chi connectivity index (χ3v) is 4.00. The molecule has 0 spiro atoms. The Morgan fingerprint density at radius 1 is 1.09 bits per heavy atom. The van der Waals surface area contributed by atoms with Crippen molar-refractivity contribution in [3.8, 4) is 0 Å². The number of carbonyl (C=O) groups is 1. The smallest absolute Gasteiger partial charge is 0.267 e. The zero-order chi connectivity index (χ0) is 16.4. The van der Waals surface area contributed by atoms with Crippen LogP contribution in [0.15, 0.2) is 48.5 Å². The molecule has 0 radical (unpaired) electrons. The number of benzene rings is 2. The second kappa shape index (κ2) is 5.88. The van der Waals surface area contributed by atoms with E-state index >= 15 is 0 Å². The van der Waals surface area contributed by atoms with Crippen LogP contribution >= 0.6 is 0 Å². The van der Waals surface area contributed by atoms with E-state index < -0.39 is 0 Å². The number of amidine groups is 1. The number of fused-ring (bicyclic) bond motifs is 1. The Balaban J connectivity index is 1.77. The van der Waals surface area contributed by atoms with Crippen LogP contribution in [0.1, 0.15) is 40.9 Å². The molecule has 118 valence electrons. The van der Waals surface area contributed by atoms with E-state index in [0.29, 0.717) is 5.56 Å². The van der Waals surface area contributed by atoms with Gasteiger partial charge in [-0.25, -0.2) is 0 Å². The van der Waals surface area contributed by atoms with Crippen LogP contribution in [0.4, 0.5) is 0 Å². The van der Waals surface area contributed by atoms with Crippen molar-refractivity contribution in [3.05, 3.63) is 70.8 Å². The molecule has 3 N–H and O–H groups in total. The molecule has 1 aliphatic heterocycles. The molecule has 3 rings (SSSR count). The molecular weight excluding hydrogens is 286 g/mol. The number of hydrazine groups is 1. The van der Waals surface area contributed by atoms with Gasteiger partial charge in [-0.2, -0.15) is 10.9 Å². The second-order valence-corrected chi connectivity index (χ2v) is 6.66. The van der Waals surface area contributed by atoms with Crippen LogP contribution in [0, 0.1) is 6.92 Å². The van der Waals surface area contributed by atoms with Crippen LogP contribution in [0.2, 0.25) is 0 Å². The lowest BCUT2D eigenvalue weighted by Crippen LogP contribution is -2.90. The van der Waals surface area contributed by atoms with Gasteiger partial charge in [0.25, 0.3) is 11.7 Å². The van der Waals surface area contributed by atoms with Crippen LogP contribution in [-0.4, -0.2) is 17.3 Å². The second-order valence-electron chi connectivity index (χ2n) is 6.66. The first-order chi connectivity index (χ1) is 10.9. The minimum Gasteiger partial charge on any atom is -0.267 e. The van der Waals surface area contributed by atoms with Gasteiger partial charge in [-0.05, 0) is 44.5 Å². The zero-order valence-electron chi connectivity index (χ0n) is 13.7. The third-order valence-electron chi connectivity index (χ3n) is 4.00. The Hall–Kier alpha value is -2.62. The fraction of sp³-hybridized carbons (Fsp3) is 0.263. The summed E-state index contributed by atoms with van der Waals surface area (Å²) in [5.41, 5.74) is 9.89. The first kappa shape index (κ1) is 15.3. The van der Waals surface area contributed by atoms with Crippen molar-refractivity contribution in [2.75, 3.05) is 0 Å². The van der Waals surface area contributed by atoms with E-state index in [0.717, 1.165) is 23.4 Å². The highest BCUT2D eigenvalue weighted by molar-refractivity contribution is 6.00. The molecule has 1 aliphatic rings. The van der Waals surface area contributed by atoms with Crippen LogP contribution in [-0.2, 0) is 6.42 Å². The molecule has 0 unspecified atom stereocenters. The summed E-state index contributed by atoms with van der Waals surface area (Å²) in [5.74, 6) is 0.678. The van der Waals surface area contributed by atoms with Crippen LogP contribution in [0.3, 0.4) is 0 Å². The number of rotatable bonds is 1. The van der Waals surface area contributed by atoms with Crippen molar-refractivity contribution in [1.29, 1.82) is 0 Å². The van der Waals surface area contributed by atoms with Gasteiger partial charge in [0.2, 0.25) is 0 Å². The Labute approximate surface area is 136 Å². The van der Waals surface area contributed by atoms with Crippen molar-refractivity contribution in [3.63, 3.8) is 0 Å². The van der Waals surface area contributed by atoms with E-state index in [9.17, 15) is 4.79 Å². The summed E-state index contributed by atoms with van der Waals surface area (Å²) in [7, 11) is 0. The molecule has 0 aromatic heterocycles. The van der Waals surface area contributed by atoms with E-state index in [1.165, 1.54) is 5.56 Å². The topological polar surface area (TPSA) is 55.1 Å². The van der Waals surface area contributed by atoms with Gasteiger partial charge in [0.15, 0.2) is 0 Å². The maximum Gasteiger partial charge on any atom is 0.299 e. The summed E-state index contributed by atoms with van der Waals surface area (Å²) >= 11 is 0. The van der Waals surface area contributed by atoms with Crippen LogP contribution in [0.25, 0.3) is 0 Å². The average Bonchev–Trinajstić information content (AvgIpc) is 2.52. The van der Waals surface area contributed by atoms with E-state index in [1.54, 1.807) is 0 Å². The predicted molar refractivity (Wildman–Crippen MR) is 91.1 cm³/mol. The summed E-state index contributed by atoms with van der Waals surface area (Å²) < 4.78 is 0. The van der Waals surface area contributed by atoms with Crippen LogP contribution in [0.5, 0.6) is 0 Å². The standard InChI is InChI=1S/C19H21N3O/c1-13-8-10-14(11-9-13)18(23)22-21-17-16-7-5-4-6-15(16)12-19(2,3)20-17/h4-11H,12H2,1-3H3,(H,20,21)(H,22,23)/p+1. The van der Waals surface area contributed by atoms with Crippen molar-refractivity contribution in [1.82, 2.24) is 10.9 Å². The van der Waals surface area contributed by atoms with Gasteiger partial charge in [0.05, 0.1) is 5.56 Å². The molecular formula is C19H22N3O+. The fourth-order valence-electron chi connectivity index (χ4n) is 2.84. The molecule has 0 bridgehead atoms. The summed E-state index contributed by atoms with van der Waals surface area (Å²) in [6.45, 7) is 6.29. The largest absolute Gasteiger partial charge is 0.299 e. The Morgan fingerprint density at radius 3 is 2.52 bits per heavy atom. The molecule has 0 aliphatic carbocycles. The first-order valence-corrected chi connectivity index (χ1v) is 7.81. The Bertz CT molecular complexity index is 760. The highest BCUT2D eigenvalue weighted by Crippen LogP contribution is 2.16. The molecule has 2 aromatic rings. The molecule has 2 aromatic carbocycles. The fourth-order valence-corrected chi connectivity index (χ4v) is 2.84.